The first-order chi connectivity index (χ1) is 8.74. The van der Waals surface area contributed by atoms with Gasteiger partial charge in [0.15, 0.2) is 0 Å². The minimum Gasteiger partial charge on any atom is -0.364 e. The van der Waals surface area contributed by atoms with Crippen molar-refractivity contribution in [1.29, 1.82) is 0 Å². The van der Waals surface area contributed by atoms with E-state index in [0.29, 0.717) is 16.1 Å². The molecule has 2 heterocycles. The van der Waals surface area contributed by atoms with Crippen LogP contribution in [0, 0.1) is 5.92 Å². The van der Waals surface area contributed by atoms with Crippen molar-refractivity contribution < 1.29 is 9.53 Å². The number of alkyl halides is 1. The summed E-state index contributed by atoms with van der Waals surface area (Å²) in [6.45, 7) is 2.13. The van der Waals surface area contributed by atoms with E-state index < -0.39 is 0 Å². The Hall–Kier alpha value is -0.420. The van der Waals surface area contributed by atoms with Crippen LogP contribution in [-0.4, -0.2) is 9.71 Å². The van der Waals surface area contributed by atoms with Gasteiger partial charge in [-0.2, -0.15) is 0 Å². The second-order valence-electron chi connectivity index (χ2n) is 5.15. The summed E-state index contributed by atoms with van der Waals surface area (Å²) in [6, 6.07) is 8.35. The fourth-order valence-corrected chi connectivity index (χ4v) is 4.41. The third kappa shape index (κ3) is 1.83. The van der Waals surface area contributed by atoms with E-state index in [2.05, 4.69) is 47.7 Å². The fourth-order valence-electron chi connectivity index (χ4n) is 3.08. The van der Waals surface area contributed by atoms with Gasteiger partial charge in [0.05, 0.1) is 22.1 Å². The zero-order valence-corrected chi connectivity index (χ0v) is 12.6. The van der Waals surface area contributed by atoms with Gasteiger partial charge in [-0.3, -0.25) is 4.79 Å². The van der Waals surface area contributed by atoms with Crippen LogP contribution in [0.2, 0.25) is 0 Å². The lowest BCUT2D eigenvalue weighted by molar-refractivity contribution is -0.124. The number of halogens is 1. The highest BCUT2D eigenvalue weighted by molar-refractivity contribution is 14.1. The molecule has 1 aromatic rings. The monoisotopic (exact) mass is 356 g/mol. The lowest BCUT2D eigenvalue weighted by Gasteiger charge is -2.24. The lowest BCUT2D eigenvalue weighted by atomic mass is 9.80. The summed E-state index contributed by atoms with van der Waals surface area (Å²) in [7, 11) is 0. The van der Waals surface area contributed by atoms with Gasteiger partial charge >= 0.3 is 0 Å². The van der Waals surface area contributed by atoms with E-state index in [4.69, 9.17) is 4.74 Å². The van der Waals surface area contributed by atoms with Gasteiger partial charge in [-0.25, -0.2) is 0 Å². The molecular weight excluding hydrogens is 339 g/mol. The van der Waals surface area contributed by atoms with Crippen LogP contribution < -0.4 is 0 Å². The molecule has 3 heteroatoms. The quantitative estimate of drug-likeness (QED) is 0.602. The van der Waals surface area contributed by atoms with Crippen LogP contribution in [0.25, 0.3) is 0 Å². The Labute approximate surface area is 121 Å². The number of ketones is 1. The third-order valence-electron chi connectivity index (χ3n) is 4.01. The van der Waals surface area contributed by atoms with Gasteiger partial charge in [-0.15, -0.1) is 0 Å². The molecule has 1 fully saturated rings. The van der Waals surface area contributed by atoms with Crippen LogP contribution in [0.1, 0.15) is 49.5 Å². The van der Waals surface area contributed by atoms with Crippen molar-refractivity contribution in [2.75, 3.05) is 0 Å². The molecular formula is C15H17IO2. The zero-order chi connectivity index (χ0) is 12.7. The van der Waals surface area contributed by atoms with E-state index in [1.165, 1.54) is 11.1 Å². The predicted molar refractivity (Wildman–Crippen MR) is 78.8 cm³/mol. The maximum absolute atomic E-state index is 12.3. The van der Waals surface area contributed by atoms with Crippen LogP contribution in [-0.2, 0) is 9.53 Å². The van der Waals surface area contributed by atoms with E-state index in [1.807, 2.05) is 6.07 Å². The highest BCUT2D eigenvalue weighted by Gasteiger charge is 2.53. The largest absolute Gasteiger partial charge is 0.364 e. The number of benzene rings is 1. The molecule has 3 rings (SSSR count). The first-order valence-corrected chi connectivity index (χ1v) is 7.89. The van der Waals surface area contributed by atoms with E-state index in [0.717, 1.165) is 12.8 Å². The zero-order valence-electron chi connectivity index (χ0n) is 10.4. The molecule has 2 aliphatic heterocycles. The lowest BCUT2D eigenvalue weighted by Crippen LogP contribution is -2.29. The van der Waals surface area contributed by atoms with Crippen molar-refractivity contribution in [2.24, 2.45) is 5.92 Å². The number of carbonyl (C=O) groups excluding carboxylic acids is 1. The first kappa shape index (κ1) is 12.6. The summed E-state index contributed by atoms with van der Waals surface area (Å²) < 4.78 is 6.34. The van der Waals surface area contributed by atoms with E-state index in [-0.39, 0.29) is 18.1 Å². The van der Waals surface area contributed by atoms with Gasteiger partial charge in [0.1, 0.15) is 5.78 Å². The number of unbranched alkanes of at least 4 members (excludes halogenated alkanes) is 1. The molecule has 0 unspecified atom stereocenters. The van der Waals surface area contributed by atoms with Gasteiger partial charge < -0.3 is 4.74 Å². The Bertz CT molecular complexity index is 471. The Morgan fingerprint density at radius 3 is 2.61 bits per heavy atom. The maximum Gasteiger partial charge on any atom is 0.140 e. The Morgan fingerprint density at radius 2 is 1.94 bits per heavy atom. The Balaban J connectivity index is 1.86. The second-order valence-corrected chi connectivity index (χ2v) is 6.58. The number of carbonyl (C=O) groups is 1. The molecule has 0 spiro atoms. The summed E-state index contributed by atoms with van der Waals surface area (Å²) in [4.78, 5) is 12.3. The molecule has 1 saturated heterocycles. The summed E-state index contributed by atoms with van der Waals surface area (Å²) in [5, 5.41) is 0. The molecule has 0 N–H and O–H groups in total. The molecule has 2 aliphatic rings. The summed E-state index contributed by atoms with van der Waals surface area (Å²) in [6.07, 6.45) is 2.92. The van der Waals surface area contributed by atoms with Crippen LogP contribution >= 0.6 is 22.6 Å². The molecule has 2 nitrogen and oxygen atoms in total. The van der Waals surface area contributed by atoms with Crippen LogP contribution in [0.4, 0.5) is 0 Å². The summed E-state index contributed by atoms with van der Waals surface area (Å²) in [5.41, 5.74) is 2.53. The number of rotatable bonds is 4. The van der Waals surface area contributed by atoms with Crippen molar-refractivity contribution in [1.82, 2.24) is 0 Å². The van der Waals surface area contributed by atoms with Gasteiger partial charge in [-0.1, -0.05) is 60.2 Å². The highest BCUT2D eigenvalue weighted by atomic mass is 127. The van der Waals surface area contributed by atoms with Crippen LogP contribution in [0.15, 0.2) is 24.3 Å². The number of hydrogen-bond acceptors (Lipinski definition) is 2. The van der Waals surface area contributed by atoms with Gasteiger partial charge in [0.25, 0.3) is 0 Å². The van der Waals surface area contributed by atoms with E-state index in [9.17, 15) is 4.79 Å². The van der Waals surface area contributed by atoms with Crippen molar-refractivity contribution in [3.8, 4) is 0 Å². The normalized spacial score (nSPS) is 32.6. The number of fused-ring (bicyclic) bond motifs is 5. The molecule has 0 saturated carbocycles. The third-order valence-corrected chi connectivity index (χ3v) is 5.44. The van der Waals surface area contributed by atoms with Crippen molar-refractivity contribution in [3.63, 3.8) is 0 Å². The molecule has 2 bridgehead atoms. The summed E-state index contributed by atoms with van der Waals surface area (Å²) in [5.74, 6) is 0.454. The topological polar surface area (TPSA) is 26.3 Å². The SMILES string of the molecule is CCCCC(=O)[C@H]1[C@@H](I)[C@H]2O[C@@H]1c1ccccc12. The van der Waals surface area contributed by atoms with Crippen LogP contribution in [0.5, 0.6) is 0 Å². The van der Waals surface area contributed by atoms with E-state index >= 15 is 0 Å². The molecule has 0 radical (unpaired) electrons. The van der Waals surface area contributed by atoms with Gasteiger partial charge in [0, 0.05) is 6.42 Å². The fraction of sp³-hybridized carbons (Fsp3) is 0.533. The second kappa shape index (κ2) is 4.93. The van der Waals surface area contributed by atoms with Crippen molar-refractivity contribution in [2.45, 2.75) is 42.3 Å². The average Bonchev–Trinajstić information content (AvgIpc) is 2.92. The molecule has 1 aromatic carbocycles. The van der Waals surface area contributed by atoms with Crippen molar-refractivity contribution >= 4 is 28.4 Å². The minimum absolute atomic E-state index is 0.0115. The van der Waals surface area contributed by atoms with E-state index in [1.54, 1.807) is 0 Å². The molecule has 0 aromatic heterocycles. The smallest absolute Gasteiger partial charge is 0.140 e. The summed E-state index contributed by atoms with van der Waals surface area (Å²) >= 11 is 2.40. The Morgan fingerprint density at radius 1 is 1.28 bits per heavy atom. The molecule has 0 amide bonds. The average molecular weight is 356 g/mol. The van der Waals surface area contributed by atoms with Gasteiger partial charge in [-0.05, 0) is 17.5 Å². The predicted octanol–water partition coefficient (Wildman–Crippen LogP) is 3.99. The van der Waals surface area contributed by atoms with Crippen molar-refractivity contribution in [3.05, 3.63) is 35.4 Å². The minimum atomic E-state index is 0.0115. The molecule has 18 heavy (non-hydrogen) atoms. The molecule has 96 valence electrons. The number of ether oxygens (including phenoxy) is 1. The first-order valence-electron chi connectivity index (χ1n) is 6.65. The standard InChI is InChI=1S/C15H17IO2/c1-2-3-8-11(17)12-13(16)15-10-7-5-4-6-9(10)14(12)18-15/h4-7,12-15H,2-3,8H2,1H3/t12-,13+,14+,15-/m0/s1. The highest BCUT2D eigenvalue weighted by Crippen LogP contribution is 2.57. The Kier molecular flexibility index (Phi) is 3.45. The molecule has 4 atom stereocenters. The number of hydrogen-bond donors (Lipinski definition) is 0. The number of Topliss-reactive ketones (excluding diaryl/α,β-unsaturated/α-hetero) is 1. The van der Waals surface area contributed by atoms with Crippen LogP contribution in [0.3, 0.4) is 0 Å². The van der Waals surface area contributed by atoms with Gasteiger partial charge in [0.2, 0.25) is 0 Å². The molecule has 0 aliphatic carbocycles. The maximum atomic E-state index is 12.3.